The molecular weight excluding hydrogens is 184 g/mol. The van der Waals surface area contributed by atoms with Crippen molar-refractivity contribution >= 4 is 17.5 Å². The Hall–Kier alpha value is -1.85. The molecule has 0 saturated heterocycles. The number of carbonyl (C=O) groups excluding carboxylic acids is 1. The maximum Gasteiger partial charge on any atom is 0.234 e. The minimum absolute atomic E-state index is 0.0953. The van der Waals surface area contributed by atoms with Crippen LogP contribution >= 0.6 is 0 Å². The van der Waals surface area contributed by atoms with Gasteiger partial charge in [-0.2, -0.15) is 0 Å². The van der Waals surface area contributed by atoms with Gasteiger partial charge in [0, 0.05) is 7.05 Å². The van der Waals surface area contributed by atoms with Crippen molar-refractivity contribution in [1.29, 1.82) is 5.41 Å². The summed E-state index contributed by atoms with van der Waals surface area (Å²) in [4.78, 5) is 17.3. The van der Waals surface area contributed by atoms with E-state index in [0.29, 0.717) is 11.5 Å². The molecule has 0 bridgehead atoms. The normalized spacial score (nSPS) is 9.57. The highest BCUT2D eigenvalue weighted by molar-refractivity contribution is 5.95. The van der Waals surface area contributed by atoms with Crippen LogP contribution < -0.4 is 5.32 Å². The van der Waals surface area contributed by atoms with Gasteiger partial charge >= 0.3 is 0 Å². The van der Waals surface area contributed by atoms with Gasteiger partial charge in [-0.25, -0.2) is 4.98 Å². The molecule has 1 aromatic heterocycles. The van der Waals surface area contributed by atoms with Crippen LogP contribution in [0.3, 0.4) is 0 Å². The van der Waals surface area contributed by atoms with Crippen molar-refractivity contribution < 1.29 is 9.53 Å². The summed E-state index contributed by atoms with van der Waals surface area (Å²) in [6, 6.07) is 0. The molecular formula is C8H12N4O2. The molecule has 6 nitrogen and oxygen atoms in total. The van der Waals surface area contributed by atoms with E-state index in [2.05, 4.69) is 15.3 Å². The summed E-state index contributed by atoms with van der Waals surface area (Å²) in [6.45, 7) is 1.31. The largest absolute Gasteiger partial charge is 0.468 e. The molecule has 0 unspecified atom stereocenters. The van der Waals surface area contributed by atoms with Crippen LogP contribution in [0.1, 0.15) is 12.6 Å². The van der Waals surface area contributed by atoms with Crippen LogP contribution in [0.2, 0.25) is 0 Å². The number of hydrogen-bond acceptors (Lipinski definition) is 5. The molecule has 1 rings (SSSR count). The zero-order valence-corrected chi connectivity index (χ0v) is 8.05. The van der Waals surface area contributed by atoms with Gasteiger partial charge < -0.3 is 15.0 Å². The molecule has 0 amide bonds. The molecule has 0 radical (unpaired) electrons. The number of imidazole rings is 1. The fourth-order valence-corrected chi connectivity index (χ4v) is 0.903. The average Bonchev–Trinajstić information content (AvgIpc) is 2.61. The molecule has 0 fully saturated rings. The number of H-pyrrole nitrogens is 1. The Morgan fingerprint density at radius 3 is 3.07 bits per heavy atom. The first-order chi connectivity index (χ1) is 6.65. The molecule has 0 aromatic carbocycles. The van der Waals surface area contributed by atoms with Crippen LogP contribution in [-0.4, -0.2) is 35.3 Å². The maximum atomic E-state index is 10.6. The van der Waals surface area contributed by atoms with Crippen LogP contribution in [0.4, 0.5) is 5.82 Å². The highest BCUT2D eigenvalue weighted by Crippen LogP contribution is 2.09. The molecule has 76 valence electrons. The summed E-state index contributed by atoms with van der Waals surface area (Å²) < 4.78 is 4.91. The molecule has 1 heterocycles. The highest BCUT2D eigenvalue weighted by Gasteiger charge is 2.11. The quantitative estimate of drug-likeness (QED) is 0.479. The minimum Gasteiger partial charge on any atom is -0.468 e. The van der Waals surface area contributed by atoms with Crippen LogP contribution in [0.25, 0.3) is 0 Å². The van der Waals surface area contributed by atoms with Crippen molar-refractivity contribution in [2.75, 3.05) is 19.0 Å². The smallest absolute Gasteiger partial charge is 0.234 e. The number of ketones is 1. The van der Waals surface area contributed by atoms with Gasteiger partial charge in [-0.15, -0.1) is 0 Å². The van der Waals surface area contributed by atoms with E-state index in [1.54, 1.807) is 7.05 Å². The number of carbonyl (C=O) groups is 1. The first-order valence-electron chi connectivity index (χ1n) is 4.07. The highest BCUT2D eigenvalue weighted by atomic mass is 16.5. The van der Waals surface area contributed by atoms with Gasteiger partial charge in [0.1, 0.15) is 12.3 Å². The molecule has 0 spiro atoms. The second kappa shape index (κ2) is 4.40. The first kappa shape index (κ1) is 10.2. The van der Waals surface area contributed by atoms with Gasteiger partial charge in [0.2, 0.25) is 5.90 Å². The van der Waals surface area contributed by atoms with Crippen molar-refractivity contribution in [3.05, 3.63) is 12.0 Å². The van der Waals surface area contributed by atoms with Crippen molar-refractivity contribution in [3.8, 4) is 0 Å². The van der Waals surface area contributed by atoms with Gasteiger partial charge in [0.25, 0.3) is 0 Å². The third kappa shape index (κ3) is 2.32. The first-order valence-corrected chi connectivity index (χ1v) is 4.07. The third-order valence-electron chi connectivity index (χ3n) is 1.52. The Balaban J connectivity index is 2.64. The molecule has 3 N–H and O–H groups in total. The van der Waals surface area contributed by atoms with Crippen LogP contribution in [-0.2, 0) is 9.53 Å². The van der Waals surface area contributed by atoms with Crippen molar-refractivity contribution in [2.45, 2.75) is 6.92 Å². The zero-order valence-electron chi connectivity index (χ0n) is 8.05. The Morgan fingerprint density at radius 1 is 1.79 bits per heavy atom. The number of hydrogen-bond donors (Lipinski definition) is 3. The Labute approximate surface area is 81.2 Å². The molecule has 0 aliphatic rings. The number of rotatable bonds is 4. The topological polar surface area (TPSA) is 90.9 Å². The predicted molar refractivity (Wildman–Crippen MR) is 51.6 cm³/mol. The second-order valence-electron chi connectivity index (χ2n) is 2.70. The van der Waals surface area contributed by atoms with Gasteiger partial charge in [-0.1, -0.05) is 0 Å². The Bertz CT molecular complexity index is 345. The summed E-state index contributed by atoms with van der Waals surface area (Å²) in [5.74, 6) is 0.306. The summed E-state index contributed by atoms with van der Waals surface area (Å²) in [6.07, 6.45) is 1.45. The lowest BCUT2D eigenvalue weighted by Gasteiger charge is -2.04. The Morgan fingerprint density at radius 2 is 2.50 bits per heavy atom. The van der Waals surface area contributed by atoms with E-state index in [1.165, 1.54) is 13.3 Å². The lowest BCUT2D eigenvalue weighted by Crippen LogP contribution is -2.13. The number of anilines is 1. The number of Topliss-reactive ketones (excluding diaryl/α,β-unsaturated/α-hetero) is 1. The van der Waals surface area contributed by atoms with E-state index >= 15 is 0 Å². The average molecular weight is 196 g/mol. The van der Waals surface area contributed by atoms with Crippen LogP contribution in [0.5, 0.6) is 0 Å². The van der Waals surface area contributed by atoms with Gasteiger partial charge in [0.15, 0.2) is 11.6 Å². The number of nitrogens with one attached hydrogen (secondary N) is 3. The van der Waals surface area contributed by atoms with Crippen molar-refractivity contribution in [3.63, 3.8) is 0 Å². The van der Waals surface area contributed by atoms with Crippen molar-refractivity contribution in [1.82, 2.24) is 9.97 Å². The predicted octanol–water partition coefficient (Wildman–Crippen LogP) is 0.382. The van der Waals surface area contributed by atoms with E-state index in [9.17, 15) is 4.79 Å². The summed E-state index contributed by atoms with van der Waals surface area (Å²) in [7, 11) is 1.69. The molecule has 14 heavy (non-hydrogen) atoms. The van der Waals surface area contributed by atoms with E-state index < -0.39 is 0 Å². The zero-order chi connectivity index (χ0) is 10.6. The van der Waals surface area contributed by atoms with E-state index in [0.717, 1.165) is 0 Å². The van der Waals surface area contributed by atoms with E-state index in [4.69, 9.17) is 10.1 Å². The van der Waals surface area contributed by atoms with Crippen LogP contribution in [0.15, 0.2) is 6.33 Å². The fraction of sp³-hybridized carbons (Fsp3) is 0.375. The Kier molecular flexibility index (Phi) is 3.22. The molecule has 1 aromatic rings. The number of aromatic amines is 1. The lowest BCUT2D eigenvalue weighted by atomic mass is 10.4. The SMILES string of the molecule is CNc1nc[nH]c1C(=N)OCC(C)=O. The molecule has 0 aliphatic carbocycles. The monoisotopic (exact) mass is 196 g/mol. The minimum atomic E-state index is -0.125. The van der Waals surface area contributed by atoms with E-state index in [-0.39, 0.29) is 18.3 Å². The molecule has 0 aliphatic heterocycles. The maximum absolute atomic E-state index is 10.6. The van der Waals surface area contributed by atoms with Gasteiger partial charge in [-0.3, -0.25) is 10.2 Å². The second-order valence-corrected chi connectivity index (χ2v) is 2.70. The molecule has 0 atom stereocenters. The number of aromatic nitrogens is 2. The standard InChI is InChI=1S/C8H12N4O2/c1-5(13)3-14-7(9)6-8(10-2)12-4-11-6/h4,9-10H,3H2,1-2H3,(H,11,12). The lowest BCUT2D eigenvalue weighted by molar-refractivity contribution is -0.119. The fourth-order valence-electron chi connectivity index (χ4n) is 0.903. The third-order valence-corrected chi connectivity index (χ3v) is 1.52. The van der Waals surface area contributed by atoms with E-state index in [1.807, 2.05) is 0 Å². The van der Waals surface area contributed by atoms with Gasteiger partial charge in [-0.05, 0) is 6.92 Å². The summed E-state index contributed by atoms with van der Waals surface area (Å²) in [5.41, 5.74) is 0.439. The summed E-state index contributed by atoms with van der Waals surface area (Å²) >= 11 is 0. The van der Waals surface area contributed by atoms with Crippen molar-refractivity contribution in [2.24, 2.45) is 0 Å². The number of ether oxygens (including phenoxy) is 1. The molecule has 0 saturated carbocycles. The number of nitrogens with zero attached hydrogens (tertiary/aromatic N) is 1. The molecule has 6 heteroatoms. The van der Waals surface area contributed by atoms with Gasteiger partial charge in [0.05, 0.1) is 6.33 Å². The van der Waals surface area contributed by atoms with Crippen LogP contribution in [0, 0.1) is 5.41 Å². The summed E-state index contributed by atoms with van der Waals surface area (Å²) in [5, 5.41) is 10.3.